The zero-order valence-corrected chi connectivity index (χ0v) is 23.6. The van der Waals surface area contributed by atoms with Gasteiger partial charge in [-0.15, -0.1) is 13.2 Å². The maximum absolute atomic E-state index is 14.7. The van der Waals surface area contributed by atoms with E-state index in [4.69, 9.17) is 9.47 Å². The van der Waals surface area contributed by atoms with Crippen LogP contribution >= 0.6 is 0 Å². The number of rotatable bonds is 12. The Morgan fingerprint density at radius 2 is 2.05 bits per heavy atom. The second kappa shape index (κ2) is 11.6. The Bertz CT molecular complexity index is 1130. The molecule has 7 atom stereocenters. The van der Waals surface area contributed by atoms with Gasteiger partial charge in [-0.25, -0.2) is 0 Å². The van der Waals surface area contributed by atoms with Crippen LogP contribution in [0.4, 0.5) is 5.69 Å². The molecule has 0 saturated carbocycles. The number of benzene rings is 1. The van der Waals surface area contributed by atoms with Crippen LogP contribution in [0.3, 0.4) is 0 Å². The second-order valence-electron chi connectivity index (χ2n) is 11.2. The molecule has 2 bridgehead atoms. The molecule has 3 heterocycles. The highest BCUT2D eigenvalue weighted by molar-refractivity contribution is 6.05. The van der Waals surface area contributed by atoms with Crippen LogP contribution in [-0.4, -0.2) is 71.3 Å². The molecule has 212 valence electrons. The van der Waals surface area contributed by atoms with Crippen LogP contribution in [0.25, 0.3) is 0 Å². The predicted molar refractivity (Wildman–Crippen MR) is 149 cm³/mol. The first-order chi connectivity index (χ1) is 18.7. The molecule has 0 aliphatic carbocycles. The molecule has 1 aromatic rings. The van der Waals surface area contributed by atoms with Crippen LogP contribution in [0.15, 0.2) is 43.5 Å². The molecular weight excluding hydrogens is 496 g/mol. The number of carbonyl (C=O) groups excluding carboxylic acids is 3. The first-order valence-corrected chi connectivity index (χ1v) is 14.0. The minimum absolute atomic E-state index is 0.0757. The van der Waals surface area contributed by atoms with E-state index >= 15 is 0 Å². The maximum Gasteiger partial charge on any atom is 0.312 e. The van der Waals surface area contributed by atoms with Gasteiger partial charge in [0.2, 0.25) is 5.91 Å². The molecule has 3 fully saturated rings. The first-order valence-electron chi connectivity index (χ1n) is 14.0. The molecule has 4 rings (SSSR count). The van der Waals surface area contributed by atoms with Gasteiger partial charge < -0.3 is 24.4 Å². The Morgan fingerprint density at radius 3 is 2.69 bits per heavy atom. The third-order valence-corrected chi connectivity index (χ3v) is 8.89. The topological polar surface area (TPSA) is 96.4 Å². The predicted octanol–water partition coefficient (Wildman–Crippen LogP) is 3.72. The lowest BCUT2D eigenvalue weighted by Gasteiger charge is -2.41. The van der Waals surface area contributed by atoms with Crippen LogP contribution in [-0.2, 0) is 23.9 Å². The number of esters is 1. The van der Waals surface area contributed by atoms with E-state index in [0.29, 0.717) is 25.7 Å². The monoisotopic (exact) mass is 538 g/mol. The fourth-order valence-electron chi connectivity index (χ4n) is 6.74. The van der Waals surface area contributed by atoms with Crippen molar-refractivity contribution < 1.29 is 29.0 Å². The van der Waals surface area contributed by atoms with Gasteiger partial charge in [0, 0.05) is 12.2 Å². The molecule has 8 nitrogen and oxygen atoms in total. The number of ether oxygens (including phenoxy) is 2. The Balaban J connectivity index is 1.82. The lowest BCUT2D eigenvalue weighted by Crippen LogP contribution is -2.60. The van der Waals surface area contributed by atoms with Crippen molar-refractivity contribution in [1.29, 1.82) is 0 Å². The standard InChI is InChI=1S/C31H42N2O6/c1-7-10-16-38-30(37)25-24-13-14-31(39-24)26(25)28(35)33(23(18-34)20(5)9-3)27(31)29(36)32(15-8-2)22-17-19(4)11-12-21(22)6/h7-8,11-12,17,20,23-27,34H,1-2,9-10,13-16,18H2,3-6H3/t20-,23-,24-,25+,26-,27?,31?/m0/s1. The third-order valence-electron chi connectivity index (χ3n) is 8.89. The summed E-state index contributed by atoms with van der Waals surface area (Å²) in [4.78, 5) is 45.5. The van der Waals surface area contributed by atoms with Gasteiger partial charge >= 0.3 is 5.97 Å². The molecule has 2 amide bonds. The second-order valence-corrected chi connectivity index (χ2v) is 11.2. The maximum atomic E-state index is 14.7. The molecular formula is C31H42N2O6. The average Bonchev–Trinajstić information content (AvgIpc) is 3.56. The minimum Gasteiger partial charge on any atom is -0.465 e. The smallest absolute Gasteiger partial charge is 0.312 e. The summed E-state index contributed by atoms with van der Waals surface area (Å²) in [5.74, 6) is -2.79. The molecule has 3 aliphatic heterocycles. The highest BCUT2D eigenvalue weighted by atomic mass is 16.6. The molecule has 8 heteroatoms. The molecule has 2 unspecified atom stereocenters. The van der Waals surface area contributed by atoms with Crippen LogP contribution in [0.5, 0.6) is 0 Å². The number of aliphatic hydroxyl groups excluding tert-OH is 1. The molecule has 39 heavy (non-hydrogen) atoms. The fourth-order valence-corrected chi connectivity index (χ4v) is 6.74. The van der Waals surface area contributed by atoms with Crippen LogP contribution < -0.4 is 4.90 Å². The lowest BCUT2D eigenvalue weighted by atomic mass is 9.70. The number of likely N-dealkylation sites (tertiary alicyclic amines) is 1. The van der Waals surface area contributed by atoms with Gasteiger partial charge in [0.05, 0.1) is 37.2 Å². The minimum atomic E-state index is -1.17. The summed E-state index contributed by atoms with van der Waals surface area (Å²) < 4.78 is 12.1. The molecule has 1 N–H and O–H groups in total. The zero-order valence-electron chi connectivity index (χ0n) is 23.6. The van der Waals surface area contributed by atoms with Crippen molar-refractivity contribution in [2.24, 2.45) is 17.8 Å². The van der Waals surface area contributed by atoms with Crippen LogP contribution in [0.1, 0.15) is 50.7 Å². The number of amides is 2. The van der Waals surface area contributed by atoms with Gasteiger partial charge in [-0.05, 0) is 56.2 Å². The highest BCUT2D eigenvalue weighted by Gasteiger charge is 2.75. The Labute approximate surface area is 231 Å². The van der Waals surface area contributed by atoms with Crippen molar-refractivity contribution in [3.63, 3.8) is 0 Å². The Kier molecular flexibility index (Phi) is 8.66. The number of aliphatic hydroxyl groups is 1. The molecule has 3 saturated heterocycles. The molecule has 1 spiro atoms. The first kappa shape index (κ1) is 29.0. The van der Waals surface area contributed by atoms with Gasteiger partial charge in [-0.3, -0.25) is 14.4 Å². The van der Waals surface area contributed by atoms with Gasteiger partial charge in [-0.2, -0.15) is 0 Å². The third kappa shape index (κ3) is 4.82. The highest BCUT2D eigenvalue weighted by Crippen LogP contribution is 2.59. The SMILES string of the molecule is C=CCCOC(=O)[C@@H]1[C@@H]2CCC3(O2)C(C(=O)N(CC=C)c2cc(C)ccc2C)N([C@@H](CO)[C@@H](C)CC)C(=O)[C@H]13. The van der Waals surface area contributed by atoms with E-state index in [2.05, 4.69) is 13.2 Å². The van der Waals surface area contributed by atoms with Crippen molar-refractivity contribution >= 4 is 23.5 Å². The van der Waals surface area contributed by atoms with Crippen LogP contribution in [0, 0.1) is 31.6 Å². The van der Waals surface area contributed by atoms with E-state index in [9.17, 15) is 19.5 Å². The van der Waals surface area contributed by atoms with E-state index in [1.165, 1.54) is 0 Å². The molecule has 3 aliphatic rings. The summed E-state index contributed by atoms with van der Waals surface area (Å²) >= 11 is 0. The Hall–Kier alpha value is -2.97. The number of anilines is 1. The summed E-state index contributed by atoms with van der Waals surface area (Å²) in [5.41, 5.74) is 1.49. The van der Waals surface area contributed by atoms with Crippen molar-refractivity contribution in [1.82, 2.24) is 4.90 Å². The van der Waals surface area contributed by atoms with Crippen LogP contribution in [0.2, 0.25) is 0 Å². The van der Waals surface area contributed by atoms with Crippen molar-refractivity contribution in [2.75, 3.05) is 24.7 Å². The summed E-state index contributed by atoms with van der Waals surface area (Å²) in [6.07, 6.45) is 5.10. The van der Waals surface area contributed by atoms with Crippen molar-refractivity contribution in [3.8, 4) is 0 Å². The molecule has 0 aromatic heterocycles. The van der Waals surface area contributed by atoms with Crippen molar-refractivity contribution in [2.45, 2.75) is 77.2 Å². The van der Waals surface area contributed by atoms with E-state index in [0.717, 1.165) is 16.8 Å². The van der Waals surface area contributed by atoms with E-state index in [1.54, 1.807) is 22.0 Å². The average molecular weight is 539 g/mol. The lowest BCUT2D eigenvalue weighted by molar-refractivity contribution is -0.156. The number of hydrogen-bond donors (Lipinski definition) is 1. The summed E-state index contributed by atoms with van der Waals surface area (Å²) in [7, 11) is 0. The fraction of sp³-hybridized carbons (Fsp3) is 0.581. The van der Waals surface area contributed by atoms with E-state index in [-0.39, 0.29) is 37.5 Å². The number of nitrogens with zero attached hydrogens (tertiary/aromatic N) is 2. The normalized spacial score (nSPS) is 28.6. The summed E-state index contributed by atoms with van der Waals surface area (Å²) in [5, 5.41) is 10.5. The van der Waals surface area contributed by atoms with Gasteiger partial charge in [0.25, 0.3) is 5.91 Å². The number of carbonyl (C=O) groups is 3. The zero-order chi connectivity index (χ0) is 28.5. The number of aryl methyl sites for hydroxylation is 2. The van der Waals surface area contributed by atoms with Gasteiger partial charge in [0.15, 0.2) is 0 Å². The summed E-state index contributed by atoms with van der Waals surface area (Å²) in [6, 6.07) is 4.33. The van der Waals surface area contributed by atoms with E-state index in [1.807, 2.05) is 45.9 Å². The van der Waals surface area contributed by atoms with Gasteiger partial charge in [0.1, 0.15) is 11.6 Å². The number of hydrogen-bond acceptors (Lipinski definition) is 6. The Morgan fingerprint density at radius 1 is 1.31 bits per heavy atom. The van der Waals surface area contributed by atoms with E-state index < -0.39 is 41.6 Å². The molecule has 1 aromatic carbocycles. The quantitative estimate of drug-likeness (QED) is 0.248. The number of fused-ring (bicyclic) bond motifs is 1. The largest absolute Gasteiger partial charge is 0.465 e. The summed E-state index contributed by atoms with van der Waals surface area (Å²) in [6.45, 7) is 15.5. The van der Waals surface area contributed by atoms with Crippen molar-refractivity contribution in [3.05, 3.63) is 54.6 Å². The molecule has 0 radical (unpaired) electrons. The van der Waals surface area contributed by atoms with Gasteiger partial charge in [-0.1, -0.05) is 44.6 Å².